The Labute approximate surface area is 113 Å². The van der Waals surface area contributed by atoms with Gasteiger partial charge in [-0.15, -0.1) is 10.2 Å². The lowest BCUT2D eigenvalue weighted by atomic mass is 9.93. The van der Waals surface area contributed by atoms with Crippen LogP contribution in [0.3, 0.4) is 0 Å². The van der Waals surface area contributed by atoms with E-state index in [1.807, 2.05) is 18.3 Å². The molecule has 3 heterocycles. The van der Waals surface area contributed by atoms with E-state index in [1.54, 1.807) is 7.11 Å². The van der Waals surface area contributed by atoms with Gasteiger partial charge in [0.1, 0.15) is 11.6 Å². The molecule has 0 atom stereocenters. The summed E-state index contributed by atoms with van der Waals surface area (Å²) < 4.78 is 7.28. The first kappa shape index (κ1) is 12.4. The summed E-state index contributed by atoms with van der Waals surface area (Å²) in [5.41, 5.74) is 0.863. The summed E-state index contributed by atoms with van der Waals surface area (Å²) in [5, 5.41) is 8.56. The van der Waals surface area contributed by atoms with Crippen LogP contribution in [-0.2, 0) is 6.42 Å². The molecule has 1 aliphatic heterocycles. The van der Waals surface area contributed by atoms with Crippen molar-refractivity contribution in [1.29, 1.82) is 0 Å². The van der Waals surface area contributed by atoms with Gasteiger partial charge in [0.25, 0.3) is 0 Å². The van der Waals surface area contributed by atoms with Crippen molar-refractivity contribution in [2.75, 3.05) is 27.2 Å². The van der Waals surface area contributed by atoms with Gasteiger partial charge in [0.05, 0.1) is 7.11 Å². The second-order valence-corrected chi connectivity index (χ2v) is 5.36. The third-order valence-electron chi connectivity index (χ3n) is 4.00. The molecule has 0 unspecified atom stereocenters. The number of ether oxygens (including phenoxy) is 1. The molecule has 0 radical (unpaired) electrons. The van der Waals surface area contributed by atoms with Crippen LogP contribution >= 0.6 is 0 Å². The number of nitrogens with zero attached hydrogens (tertiary/aromatic N) is 4. The normalized spacial score (nSPS) is 18.0. The van der Waals surface area contributed by atoms with Crippen LogP contribution in [0.2, 0.25) is 0 Å². The van der Waals surface area contributed by atoms with Crippen LogP contribution in [-0.4, -0.2) is 46.7 Å². The Balaban J connectivity index is 1.78. The second kappa shape index (κ2) is 5.17. The first-order chi connectivity index (χ1) is 9.26. The third kappa shape index (κ3) is 2.56. The van der Waals surface area contributed by atoms with Crippen molar-refractivity contribution in [1.82, 2.24) is 19.5 Å². The fourth-order valence-corrected chi connectivity index (χ4v) is 2.71. The van der Waals surface area contributed by atoms with E-state index in [-0.39, 0.29) is 0 Å². The van der Waals surface area contributed by atoms with Crippen molar-refractivity contribution in [3.63, 3.8) is 0 Å². The lowest BCUT2D eigenvalue weighted by Crippen LogP contribution is -2.31. The molecule has 3 rings (SSSR count). The Morgan fingerprint density at radius 1 is 1.32 bits per heavy atom. The Kier molecular flexibility index (Phi) is 3.38. The zero-order chi connectivity index (χ0) is 13.2. The van der Waals surface area contributed by atoms with Crippen molar-refractivity contribution < 1.29 is 4.74 Å². The van der Waals surface area contributed by atoms with Crippen molar-refractivity contribution in [2.45, 2.75) is 19.3 Å². The number of piperidine rings is 1. The summed E-state index contributed by atoms with van der Waals surface area (Å²) in [6.07, 6.45) is 5.52. The second-order valence-electron chi connectivity index (χ2n) is 5.36. The van der Waals surface area contributed by atoms with E-state index in [0.29, 0.717) is 0 Å². The number of hydrogen-bond donors (Lipinski definition) is 0. The summed E-state index contributed by atoms with van der Waals surface area (Å²) in [6.45, 7) is 2.38. The molecule has 2 aromatic rings. The van der Waals surface area contributed by atoms with E-state index >= 15 is 0 Å². The molecule has 0 spiro atoms. The van der Waals surface area contributed by atoms with Crippen molar-refractivity contribution in [3.8, 4) is 5.75 Å². The number of rotatable bonds is 3. The molecule has 1 fully saturated rings. The van der Waals surface area contributed by atoms with Gasteiger partial charge in [0.15, 0.2) is 5.65 Å². The minimum atomic E-state index is 0.728. The molecule has 0 bridgehead atoms. The minimum absolute atomic E-state index is 0.728. The molecule has 2 aromatic heterocycles. The predicted octanol–water partition coefficient (Wildman–Crippen LogP) is 1.62. The molecule has 102 valence electrons. The molecule has 1 aliphatic rings. The highest BCUT2D eigenvalue weighted by Crippen LogP contribution is 2.21. The van der Waals surface area contributed by atoms with E-state index < -0.39 is 0 Å². The molecule has 0 amide bonds. The Morgan fingerprint density at radius 3 is 2.84 bits per heavy atom. The van der Waals surface area contributed by atoms with Crippen LogP contribution in [0.1, 0.15) is 18.7 Å². The van der Waals surface area contributed by atoms with Crippen LogP contribution in [0.5, 0.6) is 5.75 Å². The smallest absolute Gasteiger partial charge is 0.164 e. The molecular formula is C14H20N4O. The topological polar surface area (TPSA) is 42.7 Å². The number of fused-ring (bicyclic) bond motifs is 1. The molecule has 0 aliphatic carbocycles. The van der Waals surface area contributed by atoms with Crippen LogP contribution < -0.4 is 4.74 Å². The summed E-state index contributed by atoms with van der Waals surface area (Å²) in [5.74, 6) is 2.61. The van der Waals surface area contributed by atoms with E-state index in [4.69, 9.17) is 4.74 Å². The maximum absolute atomic E-state index is 5.21. The van der Waals surface area contributed by atoms with E-state index in [9.17, 15) is 0 Å². The summed E-state index contributed by atoms with van der Waals surface area (Å²) >= 11 is 0. The highest BCUT2D eigenvalue weighted by atomic mass is 16.5. The van der Waals surface area contributed by atoms with Gasteiger partial charge in [0, 0.05) is 18.7 Å². The highest BCUT2D eigenvalue weighted by Gasteiger charge is 2.19. The van der Waals surface area contributed by atoms with Gasteiger partial charge >= 0.3 is 0 Å². The van der Waals surface area contributed by atoms with Crippen LogP contribution in [0.4, 0.5) is 0 Å². The lowest BCUT2D eigenvalue weighted by molar-refractivity contribution is 0.217. The maximum atomic E-state index is 5.21. The molecule has 5 heteroatoms. The molecule has 0 aromatic carbocycles. The van der Waals surface area contributed by atoms with Crippen LogP contribution in [0, 0.1) is 5.92 Å². The van der Waals surface area contributed by atoms with Crippen molar-refractivity contribution in [2.24, 2.45) is 5.92 Å². The molecule has 19 heavy (non-hydrogen) atoms. The highest BCUT2D eigenvalue weighted by molar-refractivity contribution is 5.44. The van der Waals surface area contributed by atoms with Gasteiger partial charge in [-0.2, -0.15) is 0 Å². The lowest BCUT2D eigenvalue weighted by Gasteiger charge is -2.28. The fourth-order valence-electron chi connectivity index (χ4n) is 2.71. The largest absolute Gasteiger partial charge is 0.497 e. The fraction of sp³-hybridized carbons (Fsp3) is 0.571. The van der Waals surface area contributed by atoms with Gasteiger partial charge in [-0.25, -0.2) is 0 Å². The summed E-state index contributed by atoms with van der Waals surface area (Å²) in [6, 6.07) is 3.87. The Morgan fingerprint density at radius 2 is 2.11 bits per heavy atom. The van der Waals surface area contributed by atoms with E-state index in [1.165, 1.54) is 25.9 Å². The van der Waals surface area contributed by atoms with E-state index in [0.717, 1.165) is 29.6 Å². The molecule has 5 nitrogen and oxygen atoms in total. The van der Waals surface area contributed by atoms with Crippen LogP contribution in [0.15, 0.2) is 18.3 Å². The molecule has 1 saturated heterocycles. The standard InChI is InChI=1S/C14H20N4O/c1-17-6-3-11(4-7-17)9-13-15-16-14-10-12(19-2)5-8-18(13)14/h5,8,10-11H,3-4,6-7,9H2,1-2H3. The number of aromatic nitrogens is 3. The quantitative estimate of drug-likeness (QED) is 0.841. The Bertz CT molecular complexity index is 558. The number of pyridine rings is 1. The first-order valence-electron chi connectivity index (χ1n) is 6.82. The van der Waals surface area contributed by atoms with Gasteiger partial charge in [0.2, 0.25) is 0 Å². The number of methoxy groups -OCH3 is 1. The average molecular weight is 260 g/mol. The van der Waals surface area contributed by atoms with E-state index in [2.05, 4.69) is 26.5 Å². The zero-order valence-corrected chi connectivity index (χ0v) is 11.5. The van der Waals surface area contributed by atoms with Gasteiger partial charge in [-0.3, -0.25) is 4.40 Å². The zero-order valence-electron chi connectivity index (χ0n) is 11.5. The number of likely N-dealkylation sites (tertiary alicyclic amines) is 1. The van der Waals surface area contributed by atoms with Gasteiger partial charge in [-0.05, 0) is 45.0 Å². The average Bonchev–Trinajstić information content (AvgIpc) is 2.83. The van der Waals surface area contributed by atoms with Crippen molar-refractivity contribution >= 4 is 5.65 Å². The van der Waals surface area contributed by atoms with Gasteiger partial charge < -0.3 is 9.64 Å². The van der Waals surface area contributed by atoms with Gasteiger partial charge in [-0.1, -0.05) is 0 Å². The monoisotopic (exact) mass is 260 g/mol. The predicted molar refractivity (Wildman–Crippen MR) is 73.5 cm³/mol. The van der Waals surface area contributed by atoms with Crippen molar-refractivity contribution in [3.05, 3.63) is 24.2 Å². The first-order valence-corrected chi connectivity index (χ1v) is 6.82. The maximum Gasteiger partial charge on any atom is 0.164 e. The molecule has 0 N–H and O–H groups in total. The molecular weight excluding hydrogens is 240 g/mol. The third-order valence-corrected chi connectivity index (χ3v) is 4.00. The summed E-state index contributed by atoms with van der Waals surface area (Å²) in [4.78, 5) is 2.39. The van der Waals surface area contributed by atoms with Crippen LogP contribution in [0.25, 0.3) is 5.65 Å². The SMILES string of the molecule is COc1ccn2c(CC3CCN(C)CC3)nnc2c1. The number of hydrogen-bond acceptors (Lipinski definition) is 4. The molecule has 0 saturated carbocycles. The minimum Gasteiger partial charge on any atom is -0.497 e. The summed E-state index contributed by atoms with van der Waals surface area (Å²) in [7, 11) is 3.86. The Hall–Kier alpha value is -1.62.